The summed E-state index contributed by atoms with van der Waals surface area (Å²) in [6, 6.07) is 0.643. The second kappa shape index (κ2) is 5.92. The van der Waals surface area contributed by atoms with E-state index >= 15 is 0 Å². The fourth-order valence-corrected chi connectivity index (χ4v) is 4.28. The summed E-state index contributed by atoms with van der Waals surface area (Å²) in [6.45, 7) is 7.88. The number of carbonyl (C=O) groups is 1. The molecule has 0 aromatic carbocycles. The molecule has 2 aliphatic rings. The van der Waals surface area contributed by atoms with Gasteiger partial charge in [0.25, 0.3) is 0 Å². The molecule has 1 saturated carbocycles. The number of likely N-dealkylation sites (tertiary alicyclic amines) is 1. The molecule has 0 radical (unpaired) electrons. The first-order valence-corrected chi connectivity index (χ1v) is 7.81. The molecular formula is C16H30N2O. The van der Waals surface area contributed by atoms with E-state index in [0.717, 1.165) is 32.5 Å². The molecule has 0 bridgehead atoms. The van der Waals surface area contributed by atoms with Crippen molar-refractivity contribution >= 4 is 6.29 Å². The van der Waals surface area contributed by atoms with Crippen LogP contribution in [0.1, 0.15) is 39.5 Å². The summed E-state index contributed by atoms with van der Waals surface area (Å²) in [4.78, 5) is 16.5. The number of hydrogen-bond donors (Lipinski definition) is 0. The van der Waals surface area contributed by atoms with Gasteiger partial charge in [0.15, 0.2) is 0 Å². The number of rotatable bonds is 4. The van der Waals surface area contributed by atoms with Crippen LogP contribution in [-0.2, 0) is 4.79 Å². The second-order valence-electron chi connectivity index (χ2n) is 7.38. The molecule has 1 heterocycles. The summed E-state index contributed by atoms with van der Waals surface area (Å²) < 4.78 is 0. The van der Waals surface area contributed by atoms with Crippen LogP contribution in [0.4, 0.5) is 0 Å². The Balaban J connectivity index is 1.98. The third-order valence-electron chi connectivity index (χ3n) is 5.23. The minimum atomic E-state index is -0.0570. The van der Waals surface area contributed by atoms with E-state index in [1.54, 1.807) is 0 Å². The summed E-state index contributed by atoms with van der Waals surface area (Å²) >= 11 is 0. The first-order chi connectivity index (χ1) is 8.96. The van der Waals surface area contributed by atoms with E-state index in [9.17, 15) is 4.79 Å². The smallest absolute Gasteiger partial charge is 0.127 e. The van der Waals surface area contributed by atoms with Crippen LogP contribution in [0.15, 0.2) is 0 Å². The molecule has 0 spiro atoms. The Bertz CT molecular complexity index is 318. The van der Waals surface area contributed by atoms with Gasteiger partial charge >= 0.3 is 0 Å². The molecule has 0 aromatic heterocycles. The number of nitrogens with zero attached hydrogens (tertiary/aromatic N) is 2. The maximum Gasteiger partial charge on any atom is 0.127 e. The second-order valence-corrected chi connectivity index (χ2v) is 7.38. The van der Waals surface area contributed by atoms with Crippen molar-refractivity contribution in [1.82, 2.24) is 9.80 Å². The molecule has 1 aliphatic heterocycles. The number of carbonyl (C=O) groups excluding carboxylic acids is 1. The van der Waals surface area contributed by atoms with Crippen LogP contribution in [0.3, 0.4) is 0 Å². The predicted molar refractivity (Wildman–Crippen MR) is 79.2 cm³/mol. The molecule has 4 unspecified atom stereocenters. The van der Waals surface area contributed by atoms with E-state index in [0.29, 0.717) is 17.9 Å². The zero-order valence-electron chi connectivity index (χ0n) is 13.1. The SMILES string of the molecule is CC1CCCC(C=O)(CN2CC(C)C(N(C)C)C2)C1. The highest BCUT2D eigenvalue weighted by Crippen LogP contribution is 2.39. The maximum absolute atomic E-state index is 11.7. The molecule has 0 N–H and O–H groups in total. The molecule has 4 atom stereocenters. The molecule has 0 aromatic rings. The molecule has 0 amide bonds. The van der Waals surface area contributed by atoms with Crippen molar-refractivity contribution in [2.75, 3.05) is 33.7 Å². The third kappa shape index (κ3) is 3.38. The van der Waals surface area contributed by atoms with Gasteiger partial charge in [-0.1, -0.05) is 26.7 Å². The Morgan fingerprint density at radius 3 is 2.58 bits per heavy atom. The van der Waals surface area contributed by atoms with E-state index < -0.39 is 0 Å². The van der Waals surface area contributed by atoms with Gasteiger partial charge in [0, 0.05) is 31.1 Å². The molecule has 3 heteroatoms. The molecule has 2 fully saturated rings. The summed E-state index contributed by atoms with van der Waals surface area (Å²) in [5.41, 5.74) is -0.0570. The highest BCUT2D eigenvalue weighted by atomic mass is 16.1. The van der Waals surface area contributed by atoms with Crippen molar-refractivity contribution in [2.24, 2.45) is 17.3 Å². The van der Waals surface area contributed by atoms with E-state index in [2.05, 4.69) is 37.7 Å². The van der Waals surface area contributed by atoms with Gasteiger partial charge in [-0.3, -0.25) is 0 Å². The van der Waals surface area contributed by atoms with Gasteiger partial charge in [-0.25, -0.2) is 0 Å². The largest absolute Gasteiger partial charge is 0.305 e. The lowest BCUT2D eigenvalue weighted by Gasteiger charge is -2.38. The zero-order valence-corrected chi connectivity index (χ0v) is 13.1. The lowest BCUT2D eigenvalue weighted by atomic mass is 9.71. The minimum absolute atomic E-state index is 0.0570. The Morgan fingerprint density at radius 2 is 2.05 bits per heavy atom. The Kier molecular flexibility index (Phi) is 4.67. The quantitative estimate of drug-likeness (QED) is 0.729. The van der Waals surface area contributed by atoms with Crippen molar-refractivity contribution in [3.63, 3.8) is 0 Å². The van der Waals surface area contributed by atoms with Crippen LogP contribution >= 0.6 is 0 Å². The standard InChI is InChI=1S/C16H30N2O/c1-13-6-5-7-16(8-13,12-19)11-18-9-14(2)15(10-18)17(3)4/h12-15H,5-11H2,1-4H3. The molecule has 110 valence electrons. The van der Waals surface area contributed by atoms with Gasteiger partial charge in [-0.05, 0) is 38.8 Å². The summed E-state index contributed by atoms with van der Waals surface area (Å²) in [5, 5.41) is 0. The van der Waals surface area contributed by atoms with Gasteiger partial charge in [0.05, 0.1) is 0 Å². The Labute approximate surface area is 118 Å². The number of likely N-dealkylation sites (N-methyl/N-ethyl adjacent to an activating group) is 1. The van der Waals surface area contributed by atoms with Gasteiger partial charge in [0.1, 0.15) is 6.29 Å². The first kappa shape index (κ1) is 15.0. The van der Waals surface area contributed by atoms with Crippen molar-refractivity contribution in [3.05, 3.63) is 0 Å². The molecule has 1 aliphatic carbocycles. The average molecular weight is 266 g/mol. The predicted octanol–water partition coefficient (Wildman–Crippen LogP) is 2.26. The van der Waals surface area contributed by atoms with Gasteiger partial charge < -0.3 is 14.6 Å². The maximum atomic E-state index is 11.7. The lowest BCUT2D eigenvalue weighted by molar-refractivity contribution is -0.119. The lowest BCUT2D eigenvalue weighted by Crippen LogP contribution is -2.42. The highest BCUT2D eigenvalue weighted by molar-refractivity contribution is 5.60. The van der Waals surface area contributed by atoms with Crippen LogP contribution in [0.2, 0.25) is 0 Å². The Morgan fingerprint density at radius 1 is 1.32 bits per heavy atom. The molecular weight excluding hydrogens is 236 g/mol. The van der Waals surface area contributed by atoms with E-state index in [4.69, 9.17) is 0 Å². The minimum Gasteiger partial charge on any atom is -0.305 e. The average Bonchev–Trinajstić information content (AvgIpc) is 2.70. The van der Waals surface area contributed by atoms with E-state index in [-0.39, 0.29) is 5.41 Å². The summed E-state index contributed by atoms with van der Waals surface area (Å²) in [5.74, 6) is 1.42. The van der Waals surface area contributed by atoms with Crippen molar-refractivity contribution in [2.45, 2.75) is 45.6 Å². The van der Waals surface area contributed by atoms with Crippen LogP contribution < -0.4 is 0 Å². The molecule has 1 saturated heterocycles. The topological polar surface area (TPSA) is 23.6 Å². The fraction of sp³-hybridized carbons (Fsp3) is 0.938. The van der Waals surface area contributed by atoms with Gasteiger partial charge in [-0.2, -0.15) is 0 Å². The van der Waals surface area contributed by atoms with E-state index in [1.165, 1.54) is 19.1 Å². The van der Waals surface area contributed by atoms with Crippen LogP contribution in [-0.4, -0.2) is 55.9 Å². The van der Waals surface area contributed by atoms with E-state index in [1.807, 2.05) is 0 Å². The molecule has 2 rings (SSSR count). The monoisotopic (exact) mass is 266 g/mol. The summed E-state index contributed by atoms with van der Waals surface area (Å²) in [7, 11) is 4.34. The normalized spacial score (nSPS) is 40.8. The van der Waals surface area contributed by atoms with Crippen LogP contribution in [0, 0.1) is 17.3 Å². The number of hydrogen-bond acceptors (Lipinski definition) is 3. The van der Waals surface area contributed by atoms with Crippen molar-refractivity contribution in [3.8, 4) is 0 Å². The van der Waals surface area contributed by atoms with Crippen LogP contribution in [0.25, 0.3) is 0 Å². The van der Waals surface area contributed by atoms with Gasteiger partial charge in [0.2, 0.25) is 0 Å². The van der Waals surface area contributed by atoms with Crippen molar-refractivity contribution in [1.29, 1.82) is 0 Å². The fourth-order valence-electron chi connectivity index (χ4n) is 4.28. The van der Waals surface area contributed by atoms with Crippen molar-refractivity contribution < 1.29 is 4.79 Å². The highest BCUT2D eigenvalue weighted by Gasteiger charge is 2.39. The molecule has 19 heavy (non-hydrogen) atoms. The van der Waals surface area contributed by atoms with Crippen LogP contribution in [0.5, 0.6) is 0 Å². The van der Waals surface area contributed by atoms with Gasteiger partial charge in [-0.15, -0.1) is 0 Å². The first-order valence-electron chi connectivity index (χ1n) is 7.81. The zero-order chi connectivity index (χ0) is 14.0. The third-order valence-corrected chi connectivity index (χ3v) is 5.23. The molecule has 3 nitrogen and oxygen atoms in total. The number of aldehydes is 1. The summed E-state index contributed by atoms with van der Waals surface area (Å²) in [6.07, 6.45) is 5.98. The Hall–Kier alpha value is -0.410.